The summed E-state index contributed by atoms with van der Waals surface area (Å²) in [4.78, 5) is 11.4. The van der Waals surface area contributed by atoms with E-state index in [-0.39, 0.29) is 11.9 Å². The molecule has 0 aliphatic carbocycles. The van der Waals surface area contributed by atoms with Gasteiger partial charge in [-0.2, -0.15) is 5.10 Å². The van der Waals surface area contributed by atoms with Gasteiger partial charge in [0.15, 0.2) is 0 Å². The molecular weight excluding hydrogens is 190 g/mol. The lowest BCUT2D eigenvalue weighted by Crippen LogP contribution is -2.30. The van der Waals surface area contributed by atoms with Gasteiger partial charge in [0.1, 0.15) is 0 Å². The van der Waals surface area contributed by atoms with Crippen molar-refractivity contribution in [2.24, 2.45) is 0 Å². The van der Waals surface area contributed by atoms with Crippen molar-refractivity contribution < 1.29 is 4.79 Å². The molecule has 0 saturated carbocycles. The minimum Gasteiger partial charge on any atom is -0.354 e. The van der Waals surface area contributed by atoms with Gasteiger partial charge in [0.2, 0.25) is 5.91 Å². The molecule has 0 saturated heterocycles. The molecule has 1 amide bonds. The Morgan fingerprint density at radius 3 is 2.60 bits per heavy atom. The van der Waals surface area contributed by atoms with Crippen molar-refractivity contribution in [2.75, 3.05) is 0 Å². The number of aryl methyl sites for hydroxylation is 2. The first kappa shape index (κ1) is 11.8. The molecule has 0 aliphatic rings. The lowest BCUT2D eigenvalue weighted by Gasteiger charge is -2.07. The van der Waals surface area contributed by atoms with Crippen LogP contribution in [0.25, 0.3) is 0 Å². The van der Waals surface area contributed by atoms with Crippen molar-refractivity contribution >= 4 is 5.91 Å². The second kappa shape index (κ2) is 4.96. The van der Waals surface area contributed by atoms with Crippen molar-refractivity contribution in [3.05, 3.63) is 17.0 Å². The van der Waals surface area contributed by atoms with Crippen LogP contribution in [0.4, 0.5) is 0 Å². The number of H-pyrrole nitrogens is 1. The quantitative estimate of drug-likeness (QED) is 0.789. The normalized spacial score (nSPS) is 10.7. The number of hydrogen-bond donors (Lipinski definition) is 2. The molecular formula is C11H19N3O. The van der Waals surface area contributed by atoms with E-state index in [9.17, 15) is 4.79 Å². The predicted octanol–water partition coefficient (Wildman–Crippen LogP) is 1.48. The van der Waals surface area contributed by atoms with E-state index in [0.717, 1.165) is 23.4 Å². The zero-order valence-corrected chi connectivity index (χ0v) is 9.85. The molecule has 84 valence electrons. The van der Waals surface area contributed by atoms with Crippen LogP contribution in [-0.2, 0) is 11.2 Å². The zero-order valence-electron chi connectivity index (χ0n) is 9.85. The summed E-state index contributed by atoms with van der Waals surface area (Å²) in [7, 11) is 0. The van der Waals surface area contributed by atoms with Gasteiger partial charge in [0, 0.05) is 18.2 Å². The molecule has 0 aliphatic heterocycles. The molecule has 0 fully saturated rings. The molecule has 1 aromatic rings. The van der Waals surface area contributed by atoms with Crippen LogP contribution in [0.1, 0.15) is 37.2 Å². The molecule has 0 aromatic carbocycles. The van der Waals surface area contributed by atoms with Gasteiger partial charge in [-0.05, 0) is 39.7 Å². The topological polar surface area (TPSA) is 57.8 Å². The fourth-order valence-corrected chi connectivity index (χ4v) is 1.58. The maximum absolute atomic E-state index is 11.4. The van der Waals surface area contributed by atoms with Crippen LogP contribution in [0.15, 0.2) is 0 Å². The molecule has 4 nitrogen and oxygen atoms in total. The molecule has 2 N–H and O–H groups in total. The number of nitrogens with zero attached hydrogens (tertiary/aromatic N) is 1. The maximum atomic E-state index is 11.4. The van der Waals surface area contributed by atoms with Gasteiger partial charge in [-0.1, -0.05) is 0 Å². The maximum Gasteiger partial charge on any atom is 0.220 e. The number of rotatable bonds is 4. The summed E-state index contributed by atoms with van der Waals surface area (Å²) in [6, 6.07) is 0.212. The van der Waals surface area contributed by atoms with Crippen LogP contribution >= 0.6 is 0 Å². The lowest BCUT2D eigenvalue weighted by atomic mass is 10.1. The van der Waals surface area contributed by atoms with Crippen LogP contribution in [0.2, 0.25) is 0 Å². The van der Waals surface area contributed by atoms with E-state index >= 15 is 0 Å². The highest BCUT2D eigenvalue weighted by molar-refractivity contribution is 5.76. The SMILES string of the molecule is Cc1n[nH]c(C)c1CCC(=O)NC(C)C. The van der Waals surface area contributed by atoms with Crippen molar-refractivity contribution in [1.29, 1.82) is 0 Å². The fourth-order valence-electron chi connectivity index (χ4n) is 1.58. The fraction of sp³-hybridized carbons (Fsp3) is 0.636. The minimum absolute atomic E-state index is 0.102. The standard InChI is InChI=1S/C11H19N3O/c1-7(2)12-11(15)6-5-10-8(3)13-14-9(10)4/h7H,5-6H2,1-4H3,(H,12,15)(H,13,14). The van der Waals surface area contributed by atoms with E-state index in [1.54, 1.807) is 0 Å². The molecule has 15 heavy (non-hydrogen) atoms. The molecule has 0 bridgehead atoms. The second-order valence-electron chi connectivity index (χ2n) is 4.13. The largest absolute Gasteiger partial charge is 0.354 e. The Morgan fingerprint density at radius 2 is 2.13 bits per heavy atom. The third kappa shape index (κ3) is 3.38. The van der Waals surface area contributed by atoms with E-state index in [1.807, 2.05) is 27.7 Å². The van der Waals surface area contributed by atoms with Crippen LogP contribution in [0, 0.1) is 13.8 Å². The summed E-state index contributed by atoms with van der Waals surface area (Å²) >= 11 is 0. The second-order valence-corrected chi connectivity index (χ2v) is 4.13. The average molecular weight is 209 g/mol. The van der Waals surface area contributed by atoms with Crippen molar-refractivity contribution in [1.82, 2.24) is 15.5 Å². The number of aromatic nitrogens is 2. The van der Waals surface area contributed by atoms with E-state index in [2.05, 4.69) is 15.5 Å². The smallest absolute Gasteiger partial charge is 0.220 e. The number of amides is 1. The first-order valence-electron chi connectivity index (χ1n) is 5.30. The van der Waals surface area contributed by atoms with Crippen molar-refractivity contribution in [3.8, 4) is 0 Å². The summed E-state index contributed by atoms with van der Waals surface area (Å²) < 4.78 is 0. The van der Waals surface area contributed by atoms with Gasteiger partial charge in [-0.3, -0.25) is 9.89 Å². The number of hydrogen-bond acceptors (Lipinski definition) is 2. The van der Waals surface area contributed by atoms with Crippen molar-refractivity contribution in [2.45, 2.75) is 46.6 Å². The van der Waals surface area contributed by atoms with Crippen molar-refractivity contribution in [3.63, 3.8) is 0 Å². The first-order chi connectivity index (χ1) is 7.00. The molecule has 1 rings (SSSR count). The summed E-state index contributed by atoms with van der Waals surface area (Å²) in [5.74, 6) is 0.102. The molecule has 1 heterocycles. The molecule has 0 radical (unpaired) electrons. The molecule has 0 spiro atoms. The number of carbonyl (C=O) groups is 1. The Balaban J connectivity index is 2.47. The van der Waals surface area contributed by atoms with Gasteiger partial charge < -0.3 is 5.32 Å². The van der Waals surface area contributed by atoms with E-state index in [4.69, 9.17) is 0 Å². The Kier molecular flexibility index (Phi) is 3.88. The average Bonchev–Trinajstić information content (AvgIpc) is 2.42. The zero-order chi connectivity index (χ0) is 11.4. The summed E-state index contributed by atoms with van der Waals surface area (Å²) in [6.07, 6.45) is 1.28. The molecule has 0 unspecified atom stereocenters. The Labute approximate surface area is 90.5 Å². The highest BCUT2D eigenvalue weighted by Gasteiger charge is 2.09. The Morgan fingerprint density at radius 1 is 1.47 bits per heavy atom. The number of carbonyl (C=O) groups excluding carboxylic acids is 1. The van der Waals surface area contributed by atoms with Gasteiger partial charge in [0.05, 0.1) is 5.69 Å². The third-order valence-electron chi connectivity index (χ3n) is 2.33. The summed E-state index contributed by atoms with van der Waals surface area (Å²) in [6.45, 7) is 7.87. The summed E-state index contributed by atoms with van der Waals surface area (Å²) in [5, 5.41) is 9.89. The van der Waals surface area contributed by atoms with Gasteiger partial charge in [0.25, 0.3) is 0 Å². The van der Waals surface area contributed by atoms with E-state index in [0.29, 0.717) is 6.42 Å². The first-order valence-corrected chi connectivity index (χ1v) is 5.30. The Hall–Kier alpha value is -1.32. The Bertz CT molecular complexity index is 322. The van der Waals surface area contributed by atoms with Crippen LogP contribution in [-0.4, -0.2) is 22.1 Å². The van der Waals surface area contributed by atoms with Crippen LogP contribution in [0.5, 0.6) is 0 Å². The lowest BCUT2D eigenvalue weighted by molar-refractivity contribution is -0.121. The number of nitrogens with one attached hydrogen (secondary N) is 2. The highest BCUT2D eigenvalue weighted by Crippen LogP contribution is 2.11. The molecule has 4 heteroatoms. The monoisotopic (exact) mass is 209 g/mol. The van der Waals surface area contributed by atoms with Gasteiger partial charge in [-0.25, -0.2) is 0 Å². The molecule has 0 atom stereocenters. The third-order valence-corrected chi connectivity index (χ3v) is 2.33. The van der Waals surface area contributed by atoms with Gasteiger partial charge in [-0.15, -0.1) is 0 Å². The van der Waals surface area contributed by atoms with Crippen LogP contribution < -0.4 is 5.32 Å². The van der Waals surface area contributed by atoms with E-state index in [1.165, 1.54) is 0 Å². The van der Waals surface area contributed by atoms with Gasteiger partial charge >= 0.3 is 0 Å². The number of aromatic amines is 1. The summed E-state index contributed by atoms with van der Waals surface area (Å²) in [5.41, 5.74) is 3.21. The van der Waals surface area contributed by atoms with E-state index < -0.39 is 0 Å². The highest BCUT2D eigenvalue weighted by atomic mass is 16.1. The van der Waals surface area contributed by atoms with Crippen LogP contribution in [0.3, 0.4) is 0 Å². The molecule has 1 aromatic heterocycles. The minimum atomic E-state index is 0.102. The predicted molar refractivity (Wildman–Crippen MR) is 59.7 cm³/mol.